The second-order valence-corrected chi connectivity index (χ2v) is 6.92. The number of nitrogens with zero attached hydrogens (tertiary/aromatic N) is 1. The van der Waals surface area contributed by atoms with Gasteiger partial charge in [0.15, 0.2) is 0 Å². The molecule has 0 spiro atoms. The lowest BCUT2D eigenvalue weighted by molar-refractivity contribution is -0.120. The third-order valence-corrected chi connectivity index (χ3v) is 4.36. The van der Waals surface area contributed by atoms with E-state index in [1.54, 1.807) is 0 Å². The van der Waals surface area contributed by atoms with Crippen LogP contribution in [0, 0.1) is 17.2 Å². The Hall–Kier alpha value is -1.62. The Bertz CT molecular complexity index is 666. The third kappa shape index (κ3) is 5.34. The van der Waals surface area contributed by atoms with Crippen molar-refractivity contribution in [2.45, 2.75) is 18.7 Å². The number of hydrogen-bond acceptors (Lipinski definition) is 4. The number of nitrogens with one attached hydrogen (secondary N) is 2. The van der Waals surface area contributed by atoms with Crippen molar-refractivity contribution in [3.63, 3.8) is 0 Å². The van der Waals surface area contributed by atoms with Gasteiger partial charge in [0.1, 0.15) is 4.90 Å². The lowest BCUT2D eigenvalue weighted by Crippen LogP contribution is -2.38. The fourth-order valence-electron chi connectivity index (χ4n) is 1.40. The smallest absolute Gasteiger partial charge is 0.242 e. The fraction of sp³-hybridized carbons (Fsp3) is 0.385. The highest BCUT2D eigenvalue weighted by atomic mass is 35.5. The van der Waals surface area contributed by atoms with E-state index >= 15 is 0 Å². The van der Waals surface area contributed by atoms with Crippen LogP contribution in [-0.2, 0) is 14.8 Å². The number of halogens is 1. The number of carbonyl (C=O) groups excluding carboxylic acids is 1. The summed E-state index contributed by atoms with van der Waals surface area (Å²) in [5.41, 5.74) is 0.170. The van der Waals surface area contributed by atoms with Crippen LogP contribution in [0.25, 0.3) is 0 Å². The molecule has 0 saturated carbocycles. The van der Waals surface area contributed by atoms with Gasteiger partial charge < -0.3 is 5.32 Å². The van der Waals surface area contributed by atoms with Crippen molar-refractivity contribution < 1.29 is 13.2 Å². The minimum atomic E-state index is -3.95. The minimum absolute atomic E-state index is 0.0101. The maximum absolute atomic E-state index is 12.1. The van der Waals surface area contributed by atoms with Crippen molar-refractivity contribution in [3.8, 4) is 6.07 Å². The van der Waals surface area contributed by atoms with Crippen LogP contribution in [-0.4, -0.2) is 27.4 Å². The highest BCUT2D eigenvalue weighted by Gasteiger charge is 2.19. The number of rotatable bonds is 6. The average molecular weight is 330 g/mol. The SMILES string of the molecule is CC(C)CNC(=O)CNS(=O)(=O)c1cc(C#N)ccc1Cl. The molecule has 0 aliphatic heterocycles. The Labute approximate surface area is 129 Å². The van der Waals surface area contributed by atoms with Gasteiger partial charge in [-0.3, -0.25) is 4.79 Å². The molecule has 1 rings (SSSR count). The summed E-state index contributed by atoms with van der Waals surface area (Å²) in [6.45, 7) is 3.93. The van der Waals surface area contributed by atoms with E-state index in [4.69, 9.17) is 16.9 Å². The molecule has 0 aliphatic carbocycles. The lowest BCUT2D eigenvalue weighted by Gasteiger charge is -2.10. The molecule has 6 nitrogen and oxygen atoms in total. The zero-order chi connectivity index (χ0) is 16.0. The first-order chi connectivity index (χ1) is 9.76. The third-order valence-electron chi connectivity index (χ3n) is 2.48. The lowest BCUT2D eigenvalue weighted by atomic mass is 10.2. The molecule has 0 fully saturated rings. The van der Waals surface area contributed by atoms with Crippen LogP contribution in [0.1, 0.15) is 19.4 Å². The van der Waals surface area contributed by atoms with E-state index in [2.05, 4.69) is 10.0 Å². The Morgan fingerprint density at radius 2 is 2.10 bits per heavy atom. The predicted molar refractivity (Wildman–Crippen MR) is 79.2 cm³/mol. The Kier molecular flexibility index (Phi) is 6.15. The minimum Gasteiger partial charge on any atom is -0.355 e. The van der Waals surface area contributed by atoms with E-state index in [0.717, 1.165) is 6.07 Å². The molecule has 0 heterocycles. The second kappa shape index (κ2) is 7.41. The number of sulfonamides is 1. The van der Waals surface area contributed by atoms with Crippen molar-refractivity contribution in [2.24, 2.45) is 5.92 Å². The highest BCUT2D eigenvalue weighted by molar-refractivity contribution is 7.89. The van der Waals surface area contributed by atoms with Crippen molar-refractivity contribution in [1.82, 2.24) is 10.0 Å². The van der Waals surface area contributed by atoms with E-state index < -0.39 is 15.9 Å². The zero-order valence-electron chi connectivity index (χ0n) is 11.7. The maximum atomic E-state index is 12.1. The summed E-state index contributed by atoms with van der Waals surface area (Å²) < 4.78 is 26.3. The predicted octanol–water partition coefficient (Wildman–Crippen LogP) is 1.26. The van der Waals surface area contributed by atoms with Gasteiger partial charge in [-0.1, -0.05) is 25.4 Å². The van der Waals surface area contributed by atoms with Gasteiger partial charge in [-0.25, -0.2) is 13.1 Å². The first-order valence-electron chi connectivity index (χ1n) is 6.22. The van der Waals surface area contributed by atoms with Gasteiger partial charge in [0.05, 0.1) is 23.2 Å². The summed E-state index contributed by atoms with van der Waals surface area (Å²) in [6.07, 6.45) is 0. The normalized spacial score (nSPS) is 11.2. The molecule has 0 bridgehead atoms. The van der Waals surface area contributed by atoms with E-state index in [1.165, 1.54) is 12.1 Å². The van der Waals surface area contributed by atoms with Crippen LogP contribution in [0.5, 0.6) is 0 Å². The number of benzene rings is 1. The Morgan fingerprint density at radius 1 is 1.43 bits per heavy atom. The molecular weight excluding hydrogens is 314 g/mol. The molecule has 21 heavy (non-hydrogen) atoms. The summed E-state index contributed by atoms with van der Waals surface area (Å²) in [6, 6.07) is 5.74. The van der Waals surface area contributed by atoms with E-state index in [1.807, 2.05) is 19.9 Å². The van der Waals surface area contributed by atoms with Crippen LogP contribution in [0.3, 0.4) is 0 Å². The molecule has 0 saturated heterocycles. The van der Waals surface area contributed by atoms with E-state index in [9.17, 15) is 13.2 Å². The van der Waals surface area contributed by atoms with Gasteiger partial charge in [0.2, 0.25) is 15.9 Å². The summed E-state index contributed by atoms with van der Waals surface area (Å²) in [7, 11) is -3.95. The number of nitriles is 1. The summed E-state index contributed by atoms with van der Waals surface area (Å²) in [4.78, 5) is 11.3. The first kappa shape index (κ1) is 17.4. The summed E-state index contributed by atoms with van der Waals surface area (Å²) in [5.74, 6) is -0.160. The van der Waals surface area contributed by atoms with Crippen LogP contribution in [0.4, 0.5) is 0 Å². The first-order valence-corrected chi connectivity index (χ1v) is 8.08. The summed E-state index contributed by atoms with van der Waals surface area (Å²) in [5, 5.41) is 11.4. The molecule has 8 heteroatoms. The van der Waals surface area contributed by atoms with Crippen LogP contribution in [0.15, 0.2) is 23.1 Å². The number of carbonyl (C=O) groups is 1. The molecule has 0 unspecified atom stereocenters. The second-order valence-electron chi connectivity index (χ2n) is 4.78. The number of hydrogen-bond donors (Lipinski definition) is 2. The fourth-order valence-corrected chi connectivity index (χ4v) is 2.90. The van der Waals surface area contributed by atoms with Crippen LogP contribution < -0.4 is 10.0 Å². The van der Waals surface area contributed by atoms with Crippen LogP contribution >= 0.6 is 11.6 Å². The standard InChI is InChI=1S/C13H16ClN3O3S/c1-9(2)7-16-13(18)8-17-21(19,20)12-5-10(6-15)3-4-11(12)14/h3-5,9,17H,7-8H2,1-2H3,(H,16,18). The van der Waals surface area contributed by atoms with Gasteiger partial charge in [0.25, 0.3) is 0 Å². The number of amides is 1. The molecule has 2 N–H and O–H groups in total. The average Bonchev–Trinajstić information content (AvgIpc) is 2.43. The van der Waals surface area contributed by atoms with Gasteiger partial charge in [0, 0.05) is 6.54 Å². The molecule has 114 valence electrons. The molecule has 1 amide bonds. The van der Waals surface area contributed by atoms with Crippen molar-refractivity contribution in [2.75, 3.05) is 13.1 Å². The van der Waals surface area contributed by atoms with Crippen molar-refractivity contribution in [1.29, 1.82) is 5.26 Å². The Balaban J connectivity index is 2.79. The molecule has 1 aromatic rings. The topological polar surface area (TPSA) is 99.1 Å². The molecule has 0 aromatic heterocycles. The van der Waals surface area contributed by atoms with E-state index in [0.29, 0.717) is 6.54 Å². The molecule has 0 radical (unpaired) electrons. The largest absolute Gasteiger partial charge is 0.355 e. The van der Waals surface area contributed by atoms with Gasteiger partial charge in [-0.15, -0.1) is 0 Å². The van der Waals surface area contributed by atoms with E-state index in [-0.39, 0.29) is 27.9 Å². The molecule has 1 aromatic carbocycles. The maximum Gasteiger partial charge on any atom is 0.242 e. The molecular formula is C13H16ClN3O3S. The Morgan fingerprint density at radius 3 is 2.67 bits per heavy atom. The van der Waals surface area contributed by atoms with Crippen LogP contribution in [0.2, 0.25) is 5.02 Å². The summed E-state index contributed by atoms with van der Waals surface area (Å²) >= 11 is 5.83. The monoisotopic (exact) mass is 329 g/mol. The van der Waals surface area contributed by atoms with Crippen molar-refractivity contribution in [3.05, 3.63) is 28.8 Å². The highest BCUT2D eigenvalue weighted by Crippen LogP contribution is 2.22. The quantitative estimate of drug-likeness (QED) is 0.820. The van der Waals surface area contributed by atoms with Gasteiger partial charge >= 0.3 is 0 Å². The molecule has 0 atom stereocenters. The zero-order valence-corrected chi connectivity index (χ0v) is 13.3. The van der Waals surface area contributed by atoms with Crippen molar-refractivity contribution >= 4 is 27.5 Å². The van der Waals surface area contributed by atoms with Gasteiger partial charge in [-0.05, 0) is 24.1 Å². The molecule has 0 aliphatic rings. The van der Waals surface area contributed by atoms with Gasteiger partial charge in [-0.2, -0.15) is 5.26 Å².